The Labute approximate surface area is 140 Å². The standard InChI is InChI=1S/C20H24NOSi/c1-15(2)23(22,16(3)4)14-17-9-11-18(12-10-17)20-8-6-5-7-19(20)13-21/h5-12,15-16H,14H2,1-4H3. The molecule has 0 saturated carbocycles. The Morgan fingerprint density at radius 3 is 2.04 bits per heavy atom. The van der Waals surface area contributed by atoms with E-state index in [4.69, 9.17) is 0 Å². The van der Waals surface area contributed by atoms with Crippen LogP contribution in [0.25, 0.3) is 11.1 Å². The van der Waals surface area contributed by atoms with Gasteiger partial charge in [0.25, 0.3) is 0 Å². The molecule has 0 fully saturated rings. The van der Waals surface area contributed by atoms with E-state index in [9.17, 15) is 10.1 Å². The van der Waals surface area contributed by atoms with Gasteiger partial charge in [0.15, 0.2) is 0 Å². The molecule has 2 aromatic rings. The van der Waals surface area contributed by atoms with Crippen LogP contribution in [-0.4, -0.2) is 8.32 Å². The fraction of sp³-hybridized carbons (Fsp3) is 0.350. The van der Waals surface area contributed by atoms with E-state index in [-0.39, 0.29) is 11.1 Å². The first-order valence-corrected chi connectivity index (χ1v) is 10.4. The van der Waals surface area contributed by atoms with Crippen molar-refractivity contribution in [1.82, 2.24) is 0 Å². The number of hydrogen-bond acceptors (Lipinski definition) is 1. The summed E-state index contributed by atoms with van der Waals surface area (Å²) in [7, 11) is -2.56. The van der Waals surface area contributed by atoms with Gasteiger partial charge in [-0.2, -0.15) is 5.26 Å². The van der Waals surface area contributed by atoms with Gasteiger partial charge in [0, 0.05) is 0 Å². The van der Waals surface area contributed by atoms with Crippen molar-refractivity contribution >= 4 is 8.32 Å². The van der Waals surface area contributed by atoms with E-state index < -0.39 is 8.32 Å². The van der Waals surface area contributed by atoms with Crippen LogP contribution in [-0.2, 0) is 10.8 Å². The minimum atomic E-state index is -2.56. The number of nitriles is 1. The van der Waals surface area contributed by atoms with Crippen LogP contribution in [0.2, 0.25) is 11.1 Å². The lowest BCUT2D eigenvalue weighted by Gasteiger charge is -2.30. The molecule has 23 heavy (non-hydrogen) atoms. The van der Waals surface area contributed by atoms with Crippen LogP contribution in [0.4, 0.5) is 0 Å². The third-order valence-corrected chi connectivity index (χ3v) is 9.62. The zero-order valence-electron chi connectivity index (χ0n) is 14.3. The second-order valence-electron chi connectivity index (χ2n) is 6.80. The summed E-state index contributed by atoms with van der Waals surface area (Å²) in [6.07, 6.45) is 0. The lowest BCUT2D eigenvalue weighted by atomic mass is 10.00. The minimum absolute atomic E-state index is 0.224. The molecule has 119 valence electrons. The van der Waals surface area contributed by atoms with E-state index in [1.54, 1.807) is 0 Å². The van der Waals surface area contributed by atoms with E-state index in [0.717, 1.165) is 16.7 Å². The van der Waals surface area contributed by atoms with Gasteiger partial charge < -0.3 is 0 Å². The fourth-order valence-electron chi connectivity index (χ4n) is 3.03. The van der Waals surface area contributed by atoms with Gasteiger partial charge in [-0.1, -0.05) is 70.2 Å². The van der Waals surface area contributed by atoms with E-state index in [1.165, 1.54) is 0 Å². The van der Waals surface area contributed by atoms with Gasteiger partial charge in [0.2, 0.25) is 8.32 Å². The quantitative estimate of drug-likeness (QED) is 0.670. The van der Waals surface area contributed by atoms with Crippen molar-refractivity contribution in [2.45, 2.75) is 44.8 Å². The van der Waals surface area contributed by atoms with Gasteiger partial charge >= 0.3 is 0 Å². The lowest BCUT2D eigenvalue weighted by molar-refractivity contribution is 0.386. The first kappa shape index (κ1) is 17.5. The molecule has 0 aliphatic heterocycles. The molecule has 0 aliphatic rings. The third-order valence-electron chi connectivity index (χ3n) is 4.75. The molecule has 0 atom stereocenters. The summed E-state index contributed by atoms with van der Waals surface area (Å²) in [5, 5.41) is 9.22. The molecule has 3 heteroatoms. The van der Waals surface area contributed by atoms with Crippen LogP contribution in [0.5, 0.6) is 0 Å². The molecule has 0 N–H and O–H groups in total. The highest BCUT2D eigenvalue weighted by Gasteiger charge is 2.41. The van der Waals surface area contributed by atoms with Gasteiger partial charge in [-0.25, -0.2) is 0 Å². The Balaban J connectivity index is 2.28. The van der Waals surface area contributed by atoms with Crippen molar-refractivity contribution in [1.29, 1.82) is 5.26 Å². The third kappa shape index (κ3) is 3.72. The summed E-state index contributed by atoms with van der Waals surface area (Å²) < 4.78 is 0. The van der Waals surface area contributed by atoms with Gasteiger partial charge in [0.05, 0.1) is 11.6 Å². The van der Waals surface area contributed by atoms with Crippen LogP contribution >= 0.6 is 0 Å². The normalized spacial score (nSPS) is 11.7. The van der Waals surface area contributed by atoms with E-state index in [0.29, 0.717) is 11.6 Å². The maximum Gasteiger partial charge on any atom is 0.246 e. The molecule has 2 nitrogen and oxygen atoms in total. The summed E-state index contributed by atoms with van der Waals surface area (Å²) in [5.41, 5.74) is 4.21. The van der Waals surface area contributed by atoms with Crippen LogP contribution < -0.4 is 0 Å². The molecular weight excluding hydrogens is 298 g/mol. The average molecular weight is 323 g/mol. The minimum Gasteiger partial charge on any atom is -0.296 e. The molecule has 2 aromatic carbocycles. The SMILES string of the molecule is CC(C)[Si]([O])(Cc1ccc(-c2ccccc2C#N)cc1)C(C)C. The Morgan fingerprint density at radius 1 is 0.957 bits per heavy atom. The van der Waals surface area contributed by atoms with E-state index in [2.05, 4.69) is 33.8 Å². The molecule has 0 bridgehead atoms. The van der Waals surface area contributed by atoms with Crippen LogP contribution in [0.15, 0.2) is 48.5 Å². The summed E-state index contributed by atoms with van der Waals surface area (Å²) in [5.74, 6) is 0. The summed E-state index contributed by atoms with van der Waals surface area (Å²) in [6, 6.07) is 18.7. The first-order chi connectivity index (χ1) is 10.9. The molecule has 0 saturated heterocycles. The number of benzene rings is 2. The molecule has 0 heterocycles. The maximum atomic E-state index is 13.2. The summed E-state index contributed by atoms with van der Waals surface area (Å²) >= 11 is 0. The predicted molar refractivity (Wildman–Crippen MR) is 96.9 cm³/mol. The molecule has 1 radical (unpaired) electrons. The van der Waals surface area contributed by atoms with Crippen LogP contribution in [0.1, 0.15) is 38.8 Å². The van der Waals surface area contributed by atoms with E-state index in [1.807, 2.05) is 48.5 Å². The van der Waals surface area contributed by atoms with Crippen molar-refractivity contribution < 1.29 is 4.80 Å². The smallest absolute Gasteiger partial charge is 0.246 e. The average Bonchev–Trinajstić information content (AvgIpc) is 2.55. The summed E-state index contributed by atoms with van der Waals surface area (Å²) in [6.45, 7) is 8.26. The monoisotopic (exact) mass is 322 g/mol. The van der Waals surface area contributed by atoms with Crippen molar-refractivity contribution in [3.8, 4) is 17.2 Å². The second kappa shape index (κ2) is 7.12. The topological polar surface area (TPSA) is 43.7 Å². The molecule has 0 spiro atoms. The van der Waals surface area contributed by atoms with Crippen molar-refractivity contribution in [2.24, 2.45) is 0 Å². The van der Waals surface area contributed by atoms with Crippen molar-refractivity contribution in [3.63, 3.8) is 0 Å². The molecule has 0 amide bonds. The number of hydrogen-bond donors (Lipinski definition) is 0. The van der Waals surface area contributed by atoms with E-state index >= 15 is 0 Å². The highest BCUT2D eigenvalue weighted by atomic mass is 28.4. The Hall–Kier alpha value is -1.89. The highest BCUT2D eigenvalue weighted by Crippen LogP contribution is 2.34. The number of nitrogens with zero attached hydrogens (tertiary/aromatic N) is 1. The second-order valence-corrected chi connectivity index (χ2v) is 11.4. The Bertz CT molecular complexity index is 690. The molecule has 2 rings (SSSR count). The maximum absolute atomic E-state index is 13.2. The van der Waals surface area contributed by atoms with Crippen molar-refractivity contribution in [3.05, 3.63) is 59.7 Å². The predicted octanol–water partition coefficient (Wildman–Crippen LogP) is 5.50. The Morgan fingerprint density at radius 2 is 1.52 bits per heavy atom. The number of rotatable bonds is 5. The lowest BCUT2D eigenvalue weighted by Crippen LogP contribution is -2.42. The highest BCUT2D eigenvalue weighted by molar-refractivity contribution is 6.74. The van der Waals surface area contributed by atoms with Gasteiger partial charge in [-0.05, 0) is 39.9 Å². The molecule has 0 aliphatic carbocycles. The van der Waals surface area contributed by atoms with Gasteiger partial charge in [-0.3, -0.25) is 4.80 Å². The fourth-order valence-corrected chi connectivity index (χ4v) is 6.05. The molecular formula is C20H24NOSi. The summed E-state index contributed by atoms with van der Waals surface area (Å²) in [4.78, 5) is 13.2. The van der Waals surface area contributed by atoms with Crippen LogP contribution in [0, 0.1) is 11.3 Å². The molecule has 0 unspecified atom stereocenters. The Kier molecular flexibility index (Phi) is 5.41. The van der Waals surface area contributed by atoms with Gasteiger partial charge in [0.1, 0.15) is 0 Å². The van der Waals surface area contributed by atoms with Gasteiger partial charge in [-0.15, -0.1) is 0 Å². The largest absolute Gasteiger partial charge is 0.296 e. The zero-order chi connectivity index (χ0) is 17.0. The van der Waals surface area contributed by atoms with Crippen LogP contribution in [0.3, 0.4) is 0 Å². The molecule has 0 aromatic heterocycles. The van der Waals surface area contributed by atoms with Crippen molar-refractivity contribution in [2.75, 3.05) is 0 Å². The zero-order valence-corrected chi connectivity index (χ0v) is 15.3. The first-order valence-electron chi connectivity index (χ1n) is 8.17.